The minimum Gasteiger partial charge on any atom is -0.300 e. The van der Waals surface area contributed by atoms with Crippen LogP contribution in [0, 0.1) is 0 Å². The maximum Gasteiger partial charge on any atom is 0.211 e. The molecule has 0 saturated carbocycles. The lowest BCUT2D eigenvalue weighted by Crippen LogP contribution is -2.46. The quantitative estimate of drug-likeness (QED) is 0.609. The third-order valence-electron chi connectivity index (χ3n) is 2.86. The van der Waals surface area contributed by atoms with E-state index in [0.29, 0.717) is 12.8 Å². The Bertz CT molecular complexity index is 319. The number of rotatable bonds is 1. The molecule has 4 nitrogen and oxygen atoms in total. The van der Waals surface area contributed by atoms with E-state index in [9.17, 15) is 13.2 Å². The van der Waals surface area contributed by atoms with Crippen molar-refractivity contribution in [2.24, 2.45) is 0 Å². The Morgan fingerprint density at radius 3 is 2.08 bits per heavy atom. The minimum atomic E-state index is -3.10. The van der Waals surface area contributed by atoms with Gasteiger partial charge in [-0.25, -0.2) is 8.42 Å². The first-order valence-corrected chi connectivity index (χ1v) is 6.33. The standard InChI is InChI=1S/C8H13NO3S/c1-13(11,12)9-6-2-3-7(9)5-8(10)4-6/h6-7H,2-5H2,1H3. The topological polar surface area (TPSA) is 54.5 Å². The SMILES string of the molecule is CS(=O)(=O)N1C2CCC1CC(=O)C2. The van der Waals surface area contributed by atoms with Crippen LogP contribution in [-0.2, 0) is 14.8 Å². The van der Waals surface area contributed by atoms with Crippen molar-refractivity contribution in [1.82, 2.24) is 4.31 Å². The van der Waals surface area contributed by atoms with Gasteiger partial charge in [-0.1, -0.05) is 0 Å². The molecular formula is C8H13NO3S. The van der Waals surface area contributed by atoms with Crippen molar-refractivity contribution in [2.75, 3.05) is 6.26 Å². The summed E-state index contributed by atoms with van der Waals surface area (Å²) >= 11 is 0. The van der Waals surface area contributed by atoms with E-state index in [1.807, 2.05) is 0 Å². The Morgan fingerprint density at radius 1 is 1.23 bits per heavy atom. The number of nitrogens with zero attached hydrogens (tertiary/aromatic N) is 1. The van der Waals surface area contributed by atoms with E-state index in [4.69, 9.17) is 0 Å². The second-order valence-electron chi connectivity index (χ2n) is 3.92. The number of Topliss-reactive ketones (excluding diaryl/α,β-unsaturated/α-hetero) is 1. The minimum absolute atomic E-state index is 0.0405. The summed E-state index contributed by atoms with van der Waals surface area (Å²) < 4.78 is 24.3. The van der Waals surface area contributed by atoms with Gasteiger partial charge >= 0.3 is 0 Å². The monoisotopic (exact) mass is 203 g/mol. The highest BCUT2D eigenvalue weighted by Crippen LogP contribution is 2.35. The van der Waals surface area contributed by atoms with E-state index in [1.54, 1.807) is 0 Å². The molecule has 0 aromatic carbocycles. The van der Waals surface area contributed by atoms with Crippen LogP contribution in [0.15, 0.2) is 0 Å². The molecule has 0 radical (unpaired) electrons. The van der Waals surface area contributed by atoms with E-state index in [2.05, 4.69) is 0 Å². The van der Waals surface area contributed by atoms with Gasteiger partial charge in [0.25, 0.3) is 0 Å². The second-order valence-corrected chi connectivity index (χ2v) is 5.81. The fourth-order valence-corrected chi connectivity index (χ4v) is 3.92. The van der Waals surface area contributed by atoms with Gasteiger partial charge in [-0.2, -0.15) is 4.31 Å². The number of hydrogen-bond acceptors (Lipinski definition) is 3. The molecule has 0 aromatic rings. The predicted molar refractivity (Wildman–Crippen MR) is 47.7 cm³/mol. The molecule has 2 heterocycles. The van der Waals surface area contributed by atoms with Gasteiger partial charge in [0.1, 0.15) is 5.78 Å². The smallest absolute Gasteiger partial charge is 0.211 e. The van der Waals surface area contributed by atoms with Crippen molar-refractivity contribution in [3.05, 3.63) is 0 Å². The number of carbonyl (C=O) groups excluding carboxylic acids is 1. The molecule has 0 spiro atoms. The molecule has 2 aliphatic rings. The van der Waals surface area contributed by atoms with Crippen LogP contribution in [0.4, 0.5) is 0 Å². The van der Waals surface area contributed by atoms with Gasteiger partial charge in [-0.05, 0) is 12.8 Å². The van der Waals surface area contributed by atoms with Crippen molar-refractivity contribution >= 4 is 15.8 Å². The normalized spacial score (nSPS) is 35.3. The van der Waals surface area contributed by atoms with E-state index < -0.39 is 10.0 Å². The summed E-state index contributed by atoms with van der Waals surface area (Å²) in [6.45, 7) is 0. The van der Waals surface area contributed by atoms with Gasteiger partial charge < -0.3 is 0 Å². The molecule has 2 aliphatic heterocycles. The van der Waals surface area contributed by atoms with Crippen molar-refractivity contribution in [1.29, 1.82) is 0 Å². The average Bonchev–Trinajstić information content (AvgIpc) is 2.23. The van der Waals surface area contributed by atoms with Gasteiger partial charge in [0, 0.05) is 24.9 Å². The first kappa shape index (κ1) is 9.15. The Hall–Kier alpha value is -0.420. The molecule has 0 amide bonds. The van der Waals surface area contributed by atoms with E-state index >= 15 is 0 Å². The summed E-state index contributed by atoms with van der Waals surface area (Å²) in [6.07, 6.45) is 3.77. The molecule has 2 bridgehead atoms. The van der Waals surface area contributed by atoms with Crippen molar-refractivity contribution in [2.45, 2.75) is 37.8 Å². The summed E-state index contributed by atoms with van der Waals surface area (Å²) in [5.41, 5.74) is 0. The molecular weight excluding hydrogens is 190 g/mol. The van der Waals surface area contributed by atoms with E-state index in [-0.39, 0.29) is 17.9 Å². The van der Waals surface area contributed by atoms with E-state index in [1.165, 1.54) is 10.6 Å². The number of carbonyl (C=O) groups is 1. The number of sulfonamides is 1. The Labute approximate surface area is 78.0 Å². The van der Waals surface area contributed by atoms with Crippen molar-refractivity contribution < 1.29 is 13.2 Å². The lowest BCUT2D eigenvalue weighted by Gasteiger charge is -2.31. The zero-order valence-electron chi connectivity index (χ0n) is 7.56. The zero-order chi connectivity index (χ0) is 9.64. The zero-order valence-corrected chi connectivity index (χ0v) is 8.38. The Balaban J connectivity index is 2.30. The molecule has 2 unspecified atom stereocenters. The summed E-state index contributed by atoms with van der Waals surface area (Å²) in [5, 5.41) is 0. The highest BCUT2D eigenvalue weighted by atomic mass is 32.2. The third kappa shape index (κ3) is 1.50. The van der Waals surface area contributed by atoms with Gasteiger partial charge in [0.15, 0.2) is 0 Å². The van der Waals surface area contributed by atoms with Crippen LogP contribution in [-0.4, -0.2) is 36.8 Å². The lowest BCUT2D eigenvalue weighted by atomic mass is 10.0. The molecule has 2 fully saturated rings. The number of hydrogen-bond donors (Lipinski definition) is 0. The number of piperidine rings is 1. The fraction of sp³-hybridized carbons (Fsp3) is 0.875. The molecule has 13 heavy (non-hydrogen) atoms. The van der Waals surface area contributed by atoms with Gasteiger partial charge in [0.05, 0.1) is 6.26 Å². The van der Waals surface area contributed by atoms with Gasteiger partial charge in [-0.3, -0.25) is 4.79 Å². The summed E-state index contributed by atoms with van der Waals surface area (Å²) in [6, 6.07) is -0.0810. The highest BCUT2D eigenvalue weighted by Gasteiger charge is 2.44. The lowest BCUT2D eigenvalue weighted by molar-refractivity contribution is -0.122. The maximum absolute atomic E-state index is 11.4. The van der Waals surface area contributed by atoms with Crippen LogP contribution in [0.2, 0.25) is 0 Å². The van der Waals surface area contributed by atoms with Crippen LogP contribution in [0.3, 0.4) is 0 Å². The van der Waals surface area contributed by atoms with Crippen LogP contribution >= 0.6 is 0 Å². The fourth-order valence-electron chi connectivity index (χ4n) is 2.47. The van der Waals surface area contributed by atoms with E-state index in [0.717, 1.165) is 12.8 Å². The molecule has 0 aliphatic carbocycles. The molecule has 0 aromatic heterocycles. The summed E-state index contributed by atoms with van der Waals surface area (Å²) in [4.78, 5) is 11.2. The van der Waals surface area contributed by atoms with Crippen LogP contribution in [0.1, 0.15) is 25.7 Å². The largest absolute Gasteiger partial charge is 0.300 e. The van der Waals surface area contributed by atoms with Crippen molar-refractivity contribution in [3.63, 3.8) is 0 Å². The van der Waals surface area contributed by atoms with Crippen LogP contribution in [0.5, 0.6) is 0 Å². The van der Waals surface area contributed by atoms with Gasteiger partial charge in [0.2, 0.25) is 10.0 Å². The third-order valence-corrected chi connectivity index (χ3v) is 4.22. The Kier molecular flexibility index (Phi) is 1.96. The number of ketones is 1. The highest BCUT2D eigenvalue weighted by molar-refractivity contribution is 7.88. The van der Waals surface area contributed by atoms with Crippen LogP contribution in [0.25, 0.3) is 0 Å². The molecule has 0 N–H and O–H groups in total. The predicted octanol–water partition coefficient (Wildman–Crippen LogP) is 0.142. The molecule has 2 atom stereocenters. The Morgan fingerprint density at radius 2 is 1.69 bits per heavy atom. The molecule has 74 valence electrons. The summed E-state index contributed by atoms with van der Waals surface area (Å²) in [7, 11) is -3.10. The average molecular weight is 203 g/mol. The van der Waals surface area contributed by atoms with Crippen molar-refractivity contribution in [3.8, 4) is 0 Å². The van der Waals surface area contributed by atoms with Gasteiger partial charge in [-0.15, -0.1) is 0 Å². The second kappa shape index (κ2) is 2.78. The maximum atomic E-state index is 11.4. The first-order chi connectivity index (χ1) is 5.98. The first-order valence-electron chi connectivity index (χ1n) is 4.48. The summed E-state index contributed by atoms with van der Waals surface area (Å²) in [5.74, 6) is 0.215. The molecule has 5 heteroatoms. The number of fused-ring (bicyclic) bond motifs is 2. The molecule has 2 rings (SSSR count). The van der Waals surface area contributed by atoms with Crippen LogP contribution < -0.4 is 0 Å². The molecule has 2 saturated heterocycles.